The summed E-state index contributed by atoms with van der Waals surface area (Å²) in [5, 5.41) is 10.2. The fourth-order valence-electron chi connectivity index (χ4n) is 1.75. The molecule has 0 saturated carbocycles. The van der Waals surface area contributed by atoms with Crippen LogP contribution in [-0.2, 0) is 9.84 Å². The van der Waals surface area contributed by atoms with Gasteiger partial charge in [0.25, 0.3) is 0 Å². The van der Waals surface area contributed by atoms with Crippen molar-refractivity contribution in [2.24, 2.45) is 0 Å². The summed E-state index contributed by atoms with van der Waals surface area (Å²) in [4.78, 5) is 0. The highest BCUT2D eigenvalue weighted by molar-refractivity contribution is 7.93. The van der Waals surface area contributed by atoms with E-state index in [1.54, 1.807) is 25.1 Å². The van der Waals surface area contributed by atoms with Crippen LogP contribution >= 0.6 is 11.6 Å². The van der Waals surface area contributed by atoms with E-state index < -0.39 is 20.1 Å². The molecule has 0 radical (unpaired) electrons. The quantitative estimate of drug-likeness (QED) is 0.860. The van der Waals surface area contributed by atoms with E-state index in [2.05, 4.69) is 0 Å². The molecule has 1 rings (SSSR count). The highest BCUT2D eigenvalue weighted by Gasteiger charge is 2.44. The minimum Gasteiger partial charge on any atom is -0.385 e. The Kier molecular flexibility index (Phi) is 4.23. The van der Waals surface area contributed by atoms with Crippen LogP contribution in [0.3, 0.4) is 0 Å². The number of hydrogen-bond donors (Lipinski definition) is 1. The molecule has 1 N–H and O–H groups in total. The number of halogens is 1. The number of benzene rings is 1. The third-order valence-electron chi connectivity index (χ3n) is 2.86. The summed E-state index contributed by atoms with van der Waals surface area (Å²) in [6, 6.07) is 7.06. The van der Waals surface area contributed by atoms with Crippen molar-refractivity contribution in [3.8, 4) is 0 Å². The predicted octanol–water partition coefficient (Wildman–Crippen LogP) is 2.42. The van der Waals surface area contributed by atoms with E-state index in [4.69, 9.17) is 11.6 Å². The van der Waals surface area contributed by atoms with Crippen molar-refractivity contribution in [2.45, 2.75) is 30.6 Å². The molecule has 3 nitrogen and oxygen atoms in total. The molecule has 5 heteroatoms. The van der Waals surface area contributed by atoms with Crippen molar-refractivity contribution in [1.29, 1.82) is 0 Å². The summed E-state index contributed by atoms with van der Waals surface area (Å²) >= 11 is 6.10. The highest BCUT2D eigenvalue weighted by atomic mass is 35.5. The Morgan fingerprint density at radius 3 is 2.47 bits per heavy atom. The summed E-state index contributed by atoms with van der Waals surface area (Å²) in [5.41, 5.74) is 1.47. The lowest BCUT2D eigenvalue weighted by Gasteiger charge is -2.29. The maximum atomic E-state index is 11.7. The van der Waals surface area contributed by atoms with Gasteiger partial charge in [0.15, 0.2) is 14.0 Å². The molecule has 0 fully saturated rings. The standard InChI is InChI=1S/C12H17ClO3S/c1-4-12(13,17(3,15)16)11(14)10-7-5-6-9(2)8-10/h5-8,11,14H,4H2,1-3H3. The fourth-order valence-corrected chi connectivity index (χ4v) is 2.94. The van der Waals surface area contributed by atoms with Gasteiger partial charge >= 0.3 is 0 Å². The number of aliphatic hydroxyl groups is 1. The molecule has 2 atom stereocenters. The van der Waals surface area contributed by atoms with Crippen LogP contribution in [0.25, 0.3) is 0 Å². The normalized spacial score (nSPS) is 17.5. The Bertz CT molecular complexity index is 498. The first-order valence-electron chi connectivity index (χ1n) is 5.35. The zero-order valence-corrected chi connectivity index (χ0v) is 11.7. The van der Waals surface area contributed by atoms with E-state index >= 15 is 0 Å². The lowest BCUT2D eigenvalue weighted by molar-refractivity contribution is 0.155. The van der Waals surface area contributed by atoms with Crippen LogP contribution in [0, 0.1) is 6.92 Å². The number of rotatable bonds is 4. The third-order valence-corrected chi connectivity index (χ3v) is 5.92. The average Bonchev–Trinajstić information content (AvgIpc) is 2.25. The van der Waals surface area contributed by atoms with Crippen LogP contribution in [0.4, 0.5) is 0 Å². The summed E-state index contributed by atoms with van der Waals surface area (Å²) in [5.74, 6) is 0. The lowest BCUT2D eigenvalue weighted by Crippen LogP contribution is -2.37. The largest absolute Gasteiger partial charge is 0.385 e. The molecule has 0 bridgehead atoms. The van der Waals surface area contributed by atoms with Crippen LogP contribution in [0.2, 0.25) is 0 Å². The number of hydrogen-bond acceptors (Lipinski definition) is 3. The van der Waals surface area contributed by atoms with Gasteiger partial charge in [-0.3, -0.25) is 0 Å². The van der Waals surface area contributed by atoms with E-state index in [0.29, 0.717) is 5.56 Å². The van der Waals surface area contributed by atoms with E-state index in [1.807, 2.05) is 13.0 Å². The molecule has 0 aliphatic heterocycles. The maximum Gasteiger partial charge on any atom is 0.174 e. The van der Waals surface area contributed by atoms with E-state index in [9.17, 15) is 13.5 Å². The van der Waals surface area contributed by atoms with Crippen molar-refractivity contribution >= 4 is 21.4 Å². The molecular weight excluding hydrogens is 260 g/mol. The highest BCUT2D eigenvalue weighted by Crippen LogP contribution is 2.39. The fraction of sp³-hybridized carbons (Fsp3) is 0.500. The van der Waals surface area contributed by atoms with Crippen molar-refractivity contribution in [2.75, 3.05) is 6.26 Å². The van der Waals surface area contributed by atoms with Crippen molar-refractivity contribution in [1.82, 2.24) is 0 Å². The molecule has 1 aromatic carbocycles. The predicted molar refractivity (Wildman–Crippen MR) is 69.9 cm³/mol. The first-order valence-corrected chi connectivity index (χ1v) is 7.62. The van der Waals surface area contributed by atoms with Gasteiger partial charge in [0.2, 0.25) is 0 Å². The van der Waals surface area contributed by atoms with Crippen LogP contribution in [0.15, 0.2) is 24.3 Å². The van der Waals surface area contributed by atoms with Gasteiger partial charge in [-0.15, -0.1) is 0 Å². The van der Waals surface area contributed by atoms with Gasteiger partial charge in [-0.05, 0) is 18.9 Å². The maximum absolute atomic E-state index is 11.7. The molecule has 0 aliphatic rings. The summed E-state index contributed by atoms with van der Waals surface area (Å²) < 4.78 is 21.7. The molecule has 17 heavy (non-hydrogen) atoms. The van der Waals surface area contributed by atoms with Gasteiger partial charge in [0.1, 0.15) is 6.10 Å². The monoisotopic (exact) mass is 276 g/mol. The third kappa shape index (κ3) is 2.81. The van der Waals surface area contributed by atoms with Crippen molar-refractivity contribution < 1.29 is 13.5 Å². The molecule has 0 aromatic heterocycles. The molecule has 2 unspecified atom stereocenters. The second-order valence-corrected chi connectivity index (χ2v) is 7.40. The minimum absolute atomic E-state index is 0.141. The SMILES string of the molecule is CCC(Cl)(C(O)c1cccc(C)c1)S(C)(=O)=O. The minimum atomic E-state index is -3.56. The van der Waals surface area contributed by atoms with Gasteiger partial charge in [0, 0.05) is 6.26 Å². The Labute approximate surface area is 107 Å². The number of alkyl halides is 1. The smallest absolute Gasteiger partial charge is 0.174 e. The molecule has 0 aliphatic carbocycles. The Hall–Kier alpha value is -0.580. The van der Waals surface area contributed by atoms with Crippen LogP contribution < -0.4 is 0 Å². The first-order chi connectivity index (χ1) is 7.72. The second kappa shape index (κ2) is 4.96. The van der Waals surface area contributed by atoms with Crippen LogP contribution in [0.1, 0.15) is 30.6 Å². The van der Waals surface area contributed by atoms with Crippen LogP contribution in [-0.4, -0.2) is 24.0 Å². The Morgan fingerprint density at radius 1 is 1.47 bits per heavy atom. The topological polar surface area (TPSA) is 54.4 Å². The zero-order chi connectivity index (χ0) is 13.3. The summed E-state index contributed by atoms with van der Waals surface area (Å²) in [6.45, 7) is 3.52. The summed E-state index contributed by atoms with van der Waals surface area (Å²) in [7, 11) is -3.56. The lowest BCUT2D eigenvalue weighted by atomic mass is 10.0. The molecule has 0 amide bonds. The van der Waals surface area contributed by atoms with E-state index in [0.717, 1.165) is 11.8 Å². The number of aryl methyl sites for hydroxylation is 1. The molecule has 0 saturated heterocycles. The molecule has 1 aromatic rings. The first kappa shape index (κ1) is 14.5. The van der Waals surface area contributed by atoms with Gasteiger partial charge in [-0.25, -0.2) is 8.42 Å². The molecular formula is C12H17ClO3S. The van der Waals surface area contributed by atoms with Gasteiger partial charge in [-0.1, -0.05) is 48.4 Å². The molecule has 0 heterocycles. The zero-order valence-electron chi connectivity index (χ0n) is 10.1. The summed E-state index contributed by atoms with van der Waals surface area (Å²) in [6.07, 6.45) is -0.0468. The molecule has 96 valence electrons. The Balaban J connectivity index is 3.24. The van der Waals surface area contributed by atoms with Gasteiger partial charge < -0.3 is 5.11 Å². The van der Waals surface area contributed by atoms with Gasteiger partial charge in [-0.2, -0.15) is 0 Å². The molecule has 0 spiro atoms. The number of sulfone groups is 1. The van der Waals surface area contributed by atoms with E-state index in [1.165, 1.54) is 0 Å². The van der Waals surface area contributed by atoms with E-state index in [-0.39, 0.29) is 6.42 Å². The van der Waals surface area contributed by atoms with Gasteiger partial charge in [0.05, 0.1) is 0 Å². The number of aliphatic hydroxyl groups excluding tert-OH is 1. The second-order valence-electron chi connectivity index (χ2n) is 4.23. The van der Waals surface area contributed by atoms with Crippen molar-refractivity contribution in [3.63, 3.8) is 0 Å². The average molecular weight is 277 g/mol. The van der Waals surface area contributed by atoms with Crippen molar-refractivity contribution in [3.05, 3.63) is 35.4 Å². The van der Waals surface area contributed by atoms with Crippen LogP contribution in [0.5, 0.6) is 0 Å². The Morgan fingerprint density at radius 2 is 2.06 bits per heavy atom.